The fourth-order valence-corrected chi connectivity index (χ4v) is 5.40. The molecule has 0 saturated heterocycles. The highest BCUT2D eigenvalue weighted by atomic mass is 79.9. The van der Waals surface area contributed by atoms with Gasteiger partial charge in [-0.25, -0.2) is 4.98 Å². The van der Waals surface area contributed by atoms with Crippen molar-refractivity contribution >= 4 is 72.2 Å². The summed E-state index contributed by atoms with van der Waals surface area (Å²) >= 11 is 12.9. The molecule has 5 rings (SSSR count). The second-order valence-electron chi connectivity index (χ2n) is 9.59. The Balaban J connectivity index is 1.52. The van der Waals surface area contributed by atoms with Crippen molar-refractivity contribution in [2.45, 2.75) is 13.1 Å². The van der Waals surface area contributed by atoms with Gasteiger partial charge in [0.05, 0.1) is 33.8 Å². The van der Waals surface area contributed by atoms with E-state index in [2.05, 4.69) is 47.3 Å². The van der Waals surface area contributed by atoms with Gasteiger partial charge in [-0.15, -0.1) is 0 Å². The number of hydrogen-bond donors (Lipinski definition) is 1. The van der Waals surface area contributed by atoms with Gasteiger partial charge in [0.2, 0.25) is 0 Å². The Kier molecular flexibility index (Phi) is 10.1. The van der Waals surface area contributed by atoms with Gasteiger partial charge in [0.15, 0.2) is 23.9 Å². The Labute approximate surface area is 282 Å². The topological polar surface area (TPSA) is 94.8 Å². The summed E-state index contributed by atoms with van der Waals surface area (Å²) in [7, 11) is 0. The molecule has 5 aromatic rings. The van der Waals surface area contributed by atoms with Crippen LogP contribution in [0.25, 0.3) is 22.3 Å². The van der Waals surface area contributed by atoms with E-state index in [4.69, 9.17) is 21.1 Å². The van der Waals surface area contributed by atoms with Gasteiger partial charge in [-0.05, 0) is 93.4 Å². The van der Waals surface area contributed by atoms with E-state index in [0.29, 0.717) is 30.7 Å². The lowest BCUT2D eigenvalue weighted by Crippen LogP contribution is -2.21. The molecular formula is C32H22Br2ClF3N4O4. The van der Waals surface area contributed by atoms with E-state index in [-0.39, 0.29) is 41.5 Å². The third kappa shape index (κ3) is 7.43. The molecule has 0 aliphatic heterocycles. The van der Waals surface area contributed by atoms with Crippen molar-refractivity contribution < 1.29 is 27.4 Å². The quantitative estimate of drug-likeness (QED) is 0.152. The fraction of sp³-hybridized carbons (Fsp3) is 0.125. The van der Waals surface area contributed by atoms with Crippen LogP contribution in [-0.4, -0.2) is 35.0 Å². The minimum atomic E-state index is -4.60. The number of para-hydroxylation sites is 1. The molecule has 1 amide bonds. The molecule has 0 aliphatic carbocycles. The normalized spacial score (nSPS) is 11.6. The summed E-state index contributed by atoms with van der Waals surface area (Å²) in [4.78, 5) is 30.6. The highest BCUT2D eigenvalue weighted by molar-refractivity contribution is 9.13. The molecule has 1 N–H and O–H groups in total. The summed E-state index contributed by atoms with van der Waals surface area (Å²) in [5, 5.41) is 7.84. The maximum Gasteiger partial charge on any atom is 0.416 e. The first kappa shape index (κ1) is 33.2. The summed E-state index contributed by atoms with van der Waals surface area (Å²) in [6.45, 7) is 1.67. The van der Waals surface area contributed by atoms with E-state index in [1.807, 2.05) is 0 Å². The molecule has 0 spiro atoms. The number of amides is 1. The SMILES string of the molecule is CCOc1cc(C=Nn2c(-c3cccc(C(F)(F)F)c3)nc3ccccc3c2=O)c(Br)c(Br)c1OCC(=O)Nc1ccc(Cl)cc1. The zero-order valence-electron chi connectivity index (χ0n) is 23.7. The zero-order valence-corrected chi connectivity index (χ0v) is 27.7. The van der Waals surface area contributed by atoms with Crippen molar-refractivity contribution in [2.24, 2.45) is 5.10 Å². The maximum atomic E-state index is 13.6. The molecule has 0 saturated carbocycles. The molecule has 0 radical (unpaired) electrons. The van der Waals surface area contributed by atoms with E-state index in [1.54, 1.807) is 61.5 Å². The van der Waals surface area contributed by atoms with Gasteiger partial charge in [-0.1, -0.05) is 35.9 Å². The van der Waals surface area contributed by atoms with Crippen molar-refractivity contribution in [3.63, 3.8) is 0 Å². The monoisotopic (exact) mass is 776 g/mol. The molecule has 0 bridgehead atoms. The van der Waals surface area contributed by atoms with Gasteiger partial charge in [-0.2, -0.15) is 22.9 Å². The number of ether oxygens (including phenoxy) is 2. The van der Waals surface area contributed by atoms with Crippen LogP contribution in [0.15, 0.2) is 97.7 Å². The Bertz CT molecular complexity index is 2020. The standard InChI is InChI=1S/C32H22Br2ClF3N4O4/c1-2-45-25-15-19(27(33)28(34)29(25)46-17-26(43)40-22-12-10-21(35)11-13-22)16-39-42-30(18-6-5-7-20(14-18)32(36,37)38)41-24-9-4-3-8-23(24)31(42)44/h3-16H,2,17H2,1H3,(H,40,43). The van der Waals surface area contributed by atoms with Crippen LogP contribution in [0.1, 0.15) is 18.1 Å². The van der Waals surface area contributed by atoms with Crippen molar-refractivity contribution in [2.75, 3.05) is 18.5 Å². The second-order valence-corrected chi connectivity index (χ2v) is 11.6. The Morgan fingerprint density at radius 2 is 1.76 bits per heavy atom. The van der Waals surface area contributed by atoms with Crippen LogP contribution in [0.2, 0.25) is 5.02 Å². The predicted molar refractivity (Wildman–Crippen MR) is 178 cm³/mol. The van der Waals surface area contributed by atoms with Crippen LogP contribution >= 0.6 is 43.5 Å². The van der Waals surface area contributed by atoms with Crippen LogP contribution in [0, 0.1) is 0 Å². The van der Waals surface area contributed by atoms with Crippen molar-refractivity contribution in [1.29, 1.82) is 0 Å². The number of aromatic nitrogens is 2. The van der Waals surface area contributed by atoms with E-state index >= 15 is 0 Å². The summed E-state index contributed by atoms with van der Waals surface area (Å²) in [5.74, 6) is -0.0200. The summed E-state index contributed by atoms with van der Waals surface area (Å²) in [5.41, 5.74) is -0.170. The van der Waals surface area contributed by atoms with E-state index in [1.165, 1.54) is 18.3 Å². The van der Waals surface area contributed by atoms with Crippen molar-refractivity contribution in [3.05, 3.63) is 114 Å². The van der Waals surface area contributed by atoms with Crippen LogP contribution < -0.4 is 20.3 Å². The number of carbonyl (C=O) groups excluding carboxylic acids is 1. The number of carbonyl (C=O) groups is 1. The number of hydrogen-bond acceptors (Lipinski definition) is 6. The first-order valence-corrected chi connectivity index (χ1v) is 15.5. The van der Waals surface area contributed by atoms with Crippen LogP contribution in [0.5, 0.6) is 11.5 Å². The molecular weight excluding hydrogens is 757 g/mol. The maximum absolute atomic E-state index is 13.6. The minimum Gasteiger partial charge on any atom is -0.490 e. The van der Waals surface area contributed by atoms with Crippen LogP contribution in [0.4, 0.5) is 18.9 Å². The molecule has 0 atom stereocenters. The van der Waals surface area contributed by atoms with Crippen LogP contribution in [0.3, 0.4) is 0 Å². The molecule has 4 aromatic carbocycles. The second kappa shape index (κ2) is 14.1. The first-order chi connectivity index (χ1) is 22.0. The number of benzene rings is 4. The van der Waals surface area contributed by atoms with E-state index in [0.717, 1.165) is 16.8 Å². The average Bonchev–Trinajstić information content (AvgIpc) is 3.03. The zero-order chi connectivity index (χ0) is 33.0. The number of halogens is 6. The molecule has 0 aliphatic rings. The largest absolute Gasteiger partial charge is 0.490 e. The lowest BCUT2D eigenvalue weighted by Gasteiger charge is -2.16. The molecule has 1 aromatic heterocycles. The third-order valence-electron chi connectivity index (χ3n) is 6.45. The summed E-state index contributed by atoms with van der Waals surface area (Å²) in [6.07, 6.45) is -3.27. The molecule has 236 valence electrons. The Hall–Kier alpha value is -4.20. The smallest absolute Gasteiger partial charge is 0.416 e. The highest BCUT2D eigenvalue weighted by Crippen LogP contribution is 2.42. The number of nitrogens with one attached hydrogen (secondary N) is 1. The number of nitrogens with zero attached hydrogens (tertiary/aromatic N) is 3. The molecule has 8 nitrogen and oxygen atoms in total. The van der Waals surface area contributed by atoms with E-state index in [9.17, 15) is 22.8 Å². The van der Waals surface area contributed by atoms with Gasteiger partial charge in [0.1, 0.15) is 0 Å². The molecule has 46 heavy (non-hydrogen) atoms. The molecule has 14 heteroatoms. The highest BCUT2D eigenvalue weighted by Gasteiger charge is 2.31. The Morgan fingerprint density at radius 3 is 2.48 bits per heavy atom. The number of fused-ring (bicyclic) bond motifs is 1. The lowest BCUT2D eigenvalue weighted by atomic mass is 10.1. The van der Waals surface area contributed by atoms with E-state index < -0.39 is 23.2 Å². The van der Waals surface area contributed by atoms with Gasteiger partial charge >= 0.3 is 6.18 Å². The summed E-state index contributed by atoms with van der Waals surface area (Å²) in [6, 6.07) is 19.2. The van der Waals surface area contributed by atoms with Gasteiger partial charge in [-0.3, -0.25) is 9.59 Å². The number of anilines is 1. The number of rotatable bonds is 9. The fourth-order valence-electron chi connectivity index (χ4n) is 4.34. The van der Waals surface area contributed by atoms with Gasteiger partial charge in [0, 0.05) is 26.3 Å². The molecule has 1 heterocycles. The number of alkyl halides is 3. The van der Waals surface area contributed by atoms with Crippen LogP contribution in [-0.2, 0) is 11.0 Å². The van der Waals surface area contributed by atoms with Crippen molar-refractivity contribution in [3.8, 4) is 22.9 Å². The molecule has 0 fully saturated rings. The minimum absolute atomic E-state index is 0.0469. The van der Waals surface area contributed by atoms with Gasteiger partial charge in [0.25, 0.3) is 11.5 Å². The predicted octanol–water partition coefficient (Wildman–Crippen LogP) is 8.56. The average molecular weight is 779 g/mol. The van der Waals surface area contributed by atoms with Crippen molar-refractivity contribution in [1.82, 2.24) is 9.66 Å². The Morgan fingerprint density at radius 1 is 1.02 bits per heavy atom. The lowest BCUT2D eigenvalue weighted by molar-refractivity contribution is -0.137. The third-order valence-corrected chi connectivity index (χ3v) is 8.84. The molecule has 0 unspecified atom stereocenters. The summed E-state index contributed by atoms with van der Waals surface area (Å²) < 4.78 is 54.0. The first-order valence-electron chi connectivity index (χ1n) is 13.5. The van der Waals surface area contributed by atoms with Gasteiger partial charge < -0.3 is 14.8 Å².